The second-order valence-corrected chi connectivity index (χ2v) is 9.80. The van der Waals surface area contributed by atoms with Gasteiger partial charge in [0.15, 0.2) is 10.9 Å². The smallest absolute Gasteiger partial charge is 0.338 e. The average molecular weight is 502 g/mol. The van der Waals surface area contributed by atoms with Gasteiger partial charge in [0.2, 0.25) is 0 Å². The number of amides is 2. The van der Waals surface area contributed by atoms with Gasteiger partial charge < -0.3 is 10.1 Å². The molecule has 2 aromatic rings. The number of benzene rings is 1. The van der Waals surface area contributed by atoms with Crippen LogP contribution in [0.3, 0.4) is 0 Å². The average Bonchev–Trinajstić information content (AvgIpc) is 3.30. The van der Waals surface area contributed by atoms with E-state index in [1.54, 1.807) is 24.3 Å². The van der Waals surface area contributed by atoms with E-state index in [1.165, 1.54) is 77.3 Å². The molecule has 0 bridgehead atoms. The number of esters is 1. The molecule has 0 unspecified atom stereocenters. The van der Waals surface area contributed by atoms with Gasteiger partial charge in [0.25, 0.3) is 0 Å². The fraction of sp³-hybridized carbons (Fsp3) is 0.556. The lowest BCUT2D eigenvalue weighted by molar-refractivity contribution is 0.0497. The molecule has 0 radical (unpaired) electrons. The third-order valence-corrected chi connectivity index (χ3v) is 6.67. The van der Waals surface area contributed by atoms with Crippen LogP contribution in [0.5, 0.6) is 0 Å². The molecule has 7 nitrogen and oxygen atoms in total. The Kier molecular flexibility index (Phi) is 13.7. The number of nitrogens with zero attached hydrogens (tertiary/aromatic N) is 1. The molecule has 1 heterocycles. The Morgan fingerprint density at radius 2 is 1.51 bits per heavy atom. The number of carbonyl (C=O) groups excluding carboxylic acids is 3. The molecule has 8 heteroatoms. The molecule has 2 N–H and O–H groups in total. The second-order valence-electron chi connectivity index (χ2n) is 8.77. The van der Waals surface area contributed by atoms with E-state index in [9.17, 15) is 14.4 Å². The number of carbonyl (C=O) groups is 3. The first-order valence-electron chi connectivity index (χ1n) is 12.8. The van der Waals surface area contributed by atoms with Gasteiger partial charge in [-0.05, 0) is 24.6 Å². The van der Waals surface area contributed by atoms with E-state index in [0.717, 1.165) is 24.2 Å². The maximum atomic E-state index is 12.4. The molecule has 0 aliphatic heterocycles. The zero-order chi connectivity index (χ0) is 25.3. The van der Waals surface area contributed by atoms with E-state index >= 15 is 0 Å². The van der Waals surface area contributed by atoms with Crippen LogP contribution in [0.2, 0.25) is 0 Å². The van der Waals surface area contributed by atoms with Gasteiger partial charge in [0.1, 0.15) is 0 Å². The number of aromatic nitrogens is 1. The van der Waals surface area contributed by atoms with Crippen LogP contribution in [0, 0.1) is 0 Å². The Balaban J connectivity index is 1.58. The zero-order valence-electron chi connectivity index (χ0n) is 21.1. The van der Waals surface area contributed by atoms with Crippen LogP contribution >= 0.6 is 11.3 Å². The molecule has 2 amide bonds. The van der Waals surface area contributed by atoms with Gasteiger partial charge in [-0.25, -0.2) is 14.6 Å². The molecule has 1 aromatic carbocycles. The van der Waals surface area contributed by atoms with E-state index in [1.807, 2.05) is 0 Å². The number of Topliss-reactive ketones (excluding diaryl/α,β-unsaturated/α-hetero) is 1. The van der Waals surface area contributed by atoms with Crippen LogP contribution in [-0.2, 0) is 4.74 Å². The highest BCUT2D eigenvalue weighted by molar-refractivity contribution is 7.17. The van der Waals surface area contributed by atoms with Gasteiger partial charge in [0.05, 0.1) is 23.2 Å². The largest absolute Gasteiger partial charge is 0.462 e. The summed E-state index contributed by atoms with van der Waals surface area (Å²) in [6.45, 7) is 4.09. The molecular formula is C27H39N3O4S. The van der Waals surface area contributed by atoms with Crippen molar-refractivity contribution in [1.29, 1.82) is 0 Å². The van der Waals surface area contributed by atoms with Crippen LogP contribution in [-0.4, -0.2) is 29.4 Å². The van der Waals surface area contributed by atoms with E-state index < -0.39 is 12.0 Å². The van der Waals surface area contributed by atoms with Gasteiger partial charge >= 0.3 is 12.0 Å². The van der Waals surface area contributed by atoms with Crippen molar-refractivity contribution in [2.75, 3.05) is 17.2 Å². The SMILES string of the molecule is CCCCCCCCCCCCCCOC(=O)c1cccc(NC(=O)Nc2ncc(C(C)=O)s2)c1. The van der Waals surface area contributed by atoms with Crippen molar-refractivity contribution in [3.8, 4) is 0 Å². The molecule has 2 rings (SSSR count). The normalized spacial score (nSPS) is 10.7. The minimum absolute atomic E-state index is 0.106. The molecule has 192 valence electrons. The summed E-state index contributed by atoms with van der Waals surface area (Å²) >= 11 is 1.10. The number of rotatable bonds is 17. The first kappa shape index (κ1) is 28.5. The molecule has 1 aromatic heterocycles. The monoisotopic (exact) mass is 501 g/mol. The van der Waals surface area contributed by atoms with Gasteiger partial charge in [-0.3, -0.25) is 10.1 Å². The highest BCUT2D eigenvalue weighted by Crippen LogP contribution is 2.19. The third-order valence-electron chi connectivity index (χ3n) is 5.66. The summed E-state index contributed by atoms with van der Waals surface area (Å²) < 4.78 is 5.39. The molecule has 0 saturated carbocycles. The maximum absolute atomic E-state index is 12.4. The van der Waals surface area contributed by atoms with Crippen molar-refractivity contribution >= 4 is 39.9 Å². The Bertz CT molecular complexity index is 929. The fourth-order valence-electron chi connectivity index (χ4n) is 3.67. The number of ketones is 1. The Morgan fingerprint density at radius 1 is 0.886 bits per heavy atom. The molecule has 0 aliphatic carbocycles. The van der Waals surface area contributed by atoms with Crippen molar-refractivity contribution < 1.29 is 19.1 Å². The van der Waals surface area contributed by atoms with E-state index in [2.05, 4.69) is 22.5 Å². The van der Waals surface area contributed by atoms with Gasteiger partial charge in [-0.15, -0.1) is 0 Å². The molecule has 0 atom stereocenters. The minimum atomic E-state index is -0.503. The number of hydrogen-bond acceptors (Lipinski definition) is 6. The van der Waals surface area contributed by atoms with Gasteiger partial charge in [-0.1, -0.05) is 95.0 Å². The highest BCUT2D eigenvalue weighted by Gasteiger charge is 2.11. The van der Waals surface area contributed by atoms with Crippen molar-refractivity contribution in [3.63, 3.8) is 0 Å². The topological polar surface area (TPSA) is 97.4 Å². The number of urea groups is 1. The zero-order valence-corrected chi connectivity index (χ0v) is 21.9. The van der Waals surface area contributed by atoms with Crippen LogP contribution < -0.4 is 10.6 Å². The fourth-order valence-corrected chi connectivity index (χ4v) is 4.38. The lowest BCUT2D eigenvalue weighted by Gasteiger charge is -2.08. The summed E-state index contributed by atoms with van der Waals surface area (Å²) in [5.41, 5.74) is 0.848. The molecule has 0 aliphatic rings. The summed E-state index contributed by atoms with van der Waals surface area (Å²) in [6.07, 6.45) is 16.5. The second kappa shape index (κ2) is 16.8. The van der Waals surface area contributed by atoms with Crippen LogP contribution in [0.4, 0.5) is 15.6 Å². The Hall–Kier alpha value is -2.74. The van der Waals surface area contributed by atoms with Crippen molar-refractivity contribution in [1.82, 2.24) is 4.98 Å². The number of anilines is 2. The standard InChI is InChI=1S/C27H39N3O4S/c1-3-4-5-6-7-8-9-10-11-12-13-14-18-34-25(32)22-16-15-17-23(19-22)29-26(33)30-27-28-20-24(35-27)21(2)31/h15-17,19-20H,3-14,18H2,1-2H3,(H2,28,29,30,33). The predicted octanol–water partition coefficient (Wildman–Crippen LogP) is 7.85. The first-order valence-corrected chi connectivity index (χ1v) is 13.6. The summed E-state index contributed by atoms with van der Waals surface area (Å²) in [7, 11) is 0. The number of nitrogens with one attached hydrogen (secondary N) is 2. The van der Waals surface area contributed by atoms with E-state index in [-0.39, 0.29) is 5.78 Å². The highest BCUT2D eigenvalue weighted by atomic mass is 32.1. The molecule has 0 saturated heterocycles. The third kappa shape index (κ3) is 12.0. The summed E-state index contributed by atoms with van der Waals surface area (Å²) in [5.74, 6) is -0.506. The van der Waals surface area contributed by atoms with E-state index in [4.69, 9.17) is 4.74 Å². The van der Waals surface area contributed by atoms with Gasteiger partial charge in [0, 0.05) is 12.6 Å². The first-order chi connectivity index (χ1) is 17.0. The minimum Gasteiger partial charge on any atom is -0.462 e. The molecule has 35 heavy (non-hydrogen) atoms. The van der Waals surface area contributed by atoms with Gasteiger partial charge in [-0.2, -0.15) is 0 Å². The number of ether oxygens (including phenoxy) is 1. The van der Waals surface area contributed by atoms with Crippen molar-refractivity contribution in [2.24, 2.45) is 0 Å². The molecular weight excluding hydrogens is 462 g/mol. The lowest BCUT2D eigenvalue weighted by atomic mass is 10.1. The summed E-state index contributed by atoms with van der Waals surface area (Å²) in [6, 6.07) is 6.11. The summed E-state index contributed by atoms with van der Waals surface area (Å²) in [5, 5.41) is 5.57. The van der Waals surface area contributed by atoms with Crippen molar-refractivity contribution in [2.45, 2.75) is 90.9 Å². The lowest BCUT2D eigenvalue weighted by Crippen LogP contribution is -2.19. The van der Waals surface area contributed by atoms with Crippen molar-refractivity contribution in [3.05, 3.63) is 40.9 Å². The number of unbranched alkanes of at least 4 members (excludes halogenated alkanes) is 11. The number of thiazole rings is 1. The molecule has 0 fully saturated rings. The van der Waals surface area contributed by atoms with Crippen LogP contribution in [0.1, 0.15) is 111 Å². The predicted molar refractivity (Wildman–Crippen MR) is 143 cm³/mol. The number of hydrogen-bond donors (Lipinski definition) is 2. The van der Waals surface area contributed by atoms with Crippen LogP contribution in [0.15, 0.2) is 30.5 Å². The Morgan fingerprint density at radius 3 is 2.11 bits per heavy atom. The molecule has 0 spiro atoms. The van der Waals surface area contributed by atoms with Crippen LogP contribution in [0.25, 0.3) is 0 Å². The summed E-state index contributed by atoms with van der Waals surface area (Å²) in [4.78, 5) is 40.4. The maximum Gasteiger partial charge on any atom is 0.338 e. The Labute approximate surface area is 213 Å². The quantitative estimate of drug-likeness (QED) is 0.131. The van der Waals surface area contributed by atoms with E-state index in [0.29, 0.717) is 27.9 Å².